The van der Waals surface area contributed by atoms with Crippen LogP contribution in [0.3, 0.4) is 0 Å². The second-order valence-corrected chi connectivity index (χ2v) is 13.2. The van der Waals surface area contributed by atoms with Gasteiger partial charge in [0.05, 0.1) is 12.2 Å². The van der Waals surface area contributed by atoms with E-state index in [4.69, 9.17) is 0 Å². The molecule has 0 saturated carbocycles. The second-order valence-electron chi connectivity index (χ2n) is 13.2. The fraction of sp³-hybridized carbons (Fsp3) is 0.409. The molecule has 2 heteroatoms. The lowest BCUT2D eigenvalue weighted by atomic mass is 9.89. The van der Waals surface area contributed by atoms with Crippen LogP contribution in [0.5, 0.6) is 0 Å². The van der Waals surface area contributed by atoms with Gasteiger partial charge in [-0.3, -0.25) is 9.98 Å². The highest BCUT2D eigenvalue weighted by atomic mass is 14.8. The van der Waals surface area contributed by atoms with Gasteiger partial charge in [-0.2, -0.15) is 0 Å². The summed E-state index contributed by atoms with van der Waals surface area (Å²) in [6.45, 7) is 36.3. The van der Waals surface area contributed by atoms with E-state index in [1.165, 1.54) is 51.1 Å². The summed E-state index contributed by atoms with van der Waals surface area (Å²) in [4.78, 5) is 8.92. The lowest BCUT2D eigenvalue weighted by molar-refractivity contribution is 0.594. The maximum atomic E-state index is 4.52. The van der Waals surface area contributed by atoms with Gasteiger partial charge in [-0.05, 0) is 102 Å². The van der Waals surface area contributed by atoms with Crippen molar-refractivity contribution in [1.29, 1.82) is 0 Å². The molecule has 3 aromatic rings. The molecule has 0 bridgehead atoms. The number of hydrogen-bond donors (Lipinski definition) is 0. The molecule has 2 nitrogen and oxygen atoms in total. The maximum Gasteiger partial charge on any atom is 0.0703 e. The highest BCUT2D eigenvalue weighted by Crippen LogP contribution is 2.29. The van der Waals surface area contributed by atoms with Gasteiger partial charge < -0.3 is 0 Å². The van der Waals surface area contributed by atoms with Gasteiger partial charge in [0.1, 0.15) is 0 Å². The number of allylic oxidation sites excluding steroid dienone is 3. The molecule has 0 N–H and O–H groups in total. The number of hydrogen-bond acceptors (Lipinski definition) is 2. The Morgan fingerprint density at radius 3 is 1.72 bits per heavy atom. The van der Waals surface area contributed by atoms with E-state index in [9.17, 15) is 0 Å². The van der Waals surface area contributed by atoms with Crippen LogP contribution in [0.2, 0.25) is 0 Å². The molecule has 0 atom stereocenters. The molecule has 0 amide bonds. The monoisotopic (exact) mass is 621 g/mol. The molecule has 1 aliphatic rings. The molecule has 0 unspecified atom stereocenters. The van der Waals surface area contributed by atoms with Crippen LogP contribution in [0, 0.1) is 33.1 Å². The fourth-order valence-corrected chi connectivity index (χ4v) is 4.47. The Morgan fingerprint density at radius 2 is 1.37 bits per heavy atom. The Balaban J connectivity index is 0.000000591. The average molecular weight is 621 g/mol. The molecule has 250 valence electrons. The van der Waals surface area contributed by atoms with Gasteiger partial charge in [-0.1, -0.05) is 138 Å². The van der Waals surface area contributed by atoms with E-state index in [1.807, 2.05) is 38.3 Å². The Morgan fingerprint density at radius 1 is 0.826 bits per heavy atom. The van der Waals surface area contributed by atoms with Crippen molar-refractivity contribution < 1.29 is 0 Å². The minimum atomic E-state index is 0.191. The molecule has 3 aromatic carbocycles. The molecule has 0 aromatic heterocycles. The first-order chi connectivity index (χ1) is 21.6. The van der Waals surface area contributed by atoms with Crippen LogP contribution in [0.15, 0.2) is 107 Å². The Labute approximate surface area is 284 Å². The van der Waals surface area contributed by atoms with E-state index in [0.717, 1.165) is 36.2 Å². The predicted molar refractivity (Wildman–Crippen MR) is 211 cm³/mol. The smallest absolute Gasteiger partial charge is 0.0703 e. The van der Waals surface area contributed by atoms with Crippen LogP contribution in [0.1, 0.15) is 109 Å². The summed E-state index contributed by atoms with van der Waals surface area (Å²) in [5, 5.41) is 0. The minimum absolute atomic E-state index is 0.191. The molecule has 0 saturated heterocycles. The lowest BCUT2D eigenvalue weighted by Crippen LogP contribution is -2.16. The molecular formula is C44H64N2. The first-order valence-corrected chi connectivity index (χ1v) is 16.8. The molecule has 1 aliphatic heterocycles. The van der Waals surface area contributed by atoms with Crippen LogP contribution < -0.4 is 0 Å². The minimum Gasteiger partial charge on any atom is -0.285 e. The van der Waals surface area contributed by atoms with Crippen LogP contribution in [0.4, 0.5) is 5.69 Å². The normalized spacial score (nSPS) is 11.7. The standard InChI is InChI=1S/C14H19N.C12H19N.C8H10.C7H8.C3H8/c1-6-12-9-14(15-7-2)13(10(3)4)8-11(12)5;1-9(2)6-10-7-11(13-8-10)12(3,4)5;1-7-4-3-5-8(2)6-7;1-7-5-3-2-4-6-7;1-3-2/h7-9H,3,6H2,1-2,4-5H3;7H,1,6,8H2,2-5H3;3-6H,1-2H3;2-6H,1H3;3H2,1-2H3. The van der Waals surface area contributed by atoms with Gasteiger partial charge in [-0.15, -0.1) is 0 Å². The first-order valence-electron chi connectivity index (χ1n) is 16.8. The van der Waals surface area contributed by atoms with E-state index >= 15 is 0 Å². The third-order valence-electron chi connectivity index (χ3n) is 6.77. The summed E-state index contributed by atoms with van der Waals surface area (Å²) in [5.41, 5.74) is 14.0. The second kappa shape index (κ2) is 22.7. The zero-order valence-electron chi connectivity index (χ0n) is 31.6. The topological polar surface area (TPSA) is 24.7 Å². The predicted octanol–water partition coefficient (Wildman–Crippen LogP) is 13.4. The molecule has 1 heterocycles. The van der Waals surface area contributed by atoms with E-state index in [-0.39, 0.29) is 5.41 Å². The van der Waals surface area contributed by atoms with Crippen LogP contribution >= 0.6 is 0 Å². The van der Waals surface area contributed by atoms with E-state index < -0.39 is 0 Å². The van der Waals surface area contributed by atoms with Gasteiger partial charge in [-0.25, -0.2) is 0 Å². The van der Waals surface area contributed by atoms with Crippen molar-refractivity contribution in [2.45, 2.75) is 109 Å². The van der Waals surface area contributed by atoms with Crippen LogP contribution in [-0.4, -0.2) is 18.5 Å². The van der Waals surface area contributed by atoms with Gasteiger partial charge >= 0.3 is 0 Å². The summed E-state index contributed by atoms with van der Waals surface area (Å²) in [7, 11) is 0. The summed E-state index contributed by atoms with van der Waals surface area (Å²) in [6.07, 6.45) is 7.36. The third-order valence-corrected chi connectivity index (χ3v) is 6.77. The zero-order valence-corrected chi connectivity index (χ0v) is 31.6. The fourth-order valence-electron chi connectivity index (χ4n) is 4.47. The van der Waals surface area contributed by atoms with Crippen LogP contribution in [0.25, 0.3) is 5.57 Å². The van der Waals surface area contributed by atoms with Gasteiger partial charge in [0.25, 0.3) is 0 Å². The number of nitrogens with zero attached hydrogens (tertiary/aromatic N) is 2. The molecule has 0 radical (unpaired) electrons. The molecule has 0 spiro atoms. The summed E-state index contributed by atoms with van der Waals surface area (Å²) < 4.78 is 0. The zero-order chi connectivity index (χ0) is 35.3. The molecular weight excluding hydrogens is 556 g/mol. The Bertz CT molecular complexity index is 1410. The van der Waals surface area contributed by atoms with Crippen molar-refractivity contribution in [3.8, 4) is 0 Å². The Kier molecular flexibility index (Phi) is 20.8. The summed E-state index contributed by atoms with van der Waals surface area (Å²) in [6, 6.07) is 23.1. The van der Waals surface area contributed by atoms with Gasteiger partial charge in [0, 0.05) is 22.9 Å². The van der Waals surface area contributed by atoms with Crippen molar-refractivity contribution in [1.82, 2.24) is 0 Å². The highest BCUT2D eigenvalue weighted by molar-refractivity contribution is 6.01. The lowest BCUT2D eigenvalue weighted by Gasteiger charge is -2.16. The molecule has 0 fully saturated rings. The summed E-state index contributed by atoms with van der Waals surface area (Å²) in [5.74, 6) is 0. The highest BCUT2D eigenvalue weighted by Gasteiger charge is 2.20. The van der Waals surface area contributed by atoms with Crippen molar-refractivity contribution in [3.05, 3.63) is 130 Å². The molecule has 4 rings (SSSR count). The third kappa shape index (κ3) is 18.3. The molecule has 0 aliphatic carbocycles. The van der Waals surface area contributed by atoms with E-state index in [0.29, 0.717) is 0 Å². The first kappa shape index (κ1) is 42.2. The van der Waals surface area contributed by atoms with Crippen molar-refractivity contribution >= 4 is 23.2 Å². The summed E-state index contributed by atoms with van der Waals surface area (Å²) >= 11 is 0. The van der Waals surface area contributed by atoms with Gasteiger partial charge in [0.15, 0.2) is 0 Å². The van der Waals surface area contributed by atoms with Crippen LogP contribution in [-0.2, 0) is 6.42 Å². The number of aliphatic imine (C=N–C) groups is 2. The van der Waals surface area contributed by atoms with Gasteiger partial charge in [0.2, 0.25) is 0 Å². The Hall–Kier alpha value is -3.78. The number of benzene rings is 3. The van der Waals surface area contributed by atoms with E-state index in [1.54, 1.807) is 0 Å². The van der Waals surface area contributed by atoms with Crippen molar-refractivity contribution in [2.75, 3.05) is 6.54 Å². The average Bonchev–Trinajstić information content (AvgIpc) is 3.44. The van der Waals surface area contributed by atoms with E-state index in [2.05, 4.69) is 154 Å². The largest absolute Gasteiger partial charge is 0.285 e. The maximum absolute atomic E-state index is 4.52. The molecule has 46 heavy (non-hydrogen) atoms. The van der Waals surface area contributed by atoms with Crippen molar-refractivity contribution in [3.63, 3.8) is 0 Å². The number of aryl methyl sites for hydroxylation is 5. The SMILES string of the molecule is C=C(C)CC1=CC(C(C)(C)C)=NC1.C=C(C)c1cc(C)c(CC)cc1N=CC.CCC.Cc1cccc(C)c1.Cc1ccccc1. The number of rotatable bonds is 5. The van der Waals surface area contributed by atoms with Crippen molar-refractivity contribution in [2.24, 2.45) is 15.4 Å². The quantitative estimate of drug-likeness (QED) is 0.200.